The summed E-state index contributed by atoms with van der Waals surface area (Å²) >= 11 is 0. The van der Waals surface area contributed by atoms with E-state index in [-0.39, 0.29) is 12.1 Å². The number of carbonyl (C=O) groups excluding carboxylic acids is 1. The Morgan fingerprint density at radius 3 is 2.72 bits per heavy atom. The van der Waals surface area contributed by atoms with Gasteiger partial charge in [-0.1, -0.05) is 42.5 Å². The summed E-state index contributed by atoms with van der Waals surface area (Å²) in [5, 5.41) is 3.05. The predicted octanol–water partition coefficient (Wildman–Crippen LogP) is 3.58. The van der Waals surface area contributed by atoms with Crippen molar-refractivity contribution in [2.75, 3.05) is 13.1 Å². The lowest BCUT2D eigenvalue weighted by molar-refractivity contribution is 0.115. The van der Waals surface area contributed by atoms with Crippen LogP contribution >= 0.6 is 0 Å². The molecule has 0 bridgehead atoms. The van der Waals surface area contributed by atoms with Crippen molar-refractivity contribution in [2.24, 2.45) is 0 Å². The Bertz CT molecular complexity index is 858. The number of benzene rings is 2. The Morgan fingerprint density at radius 2 is 1.92 bits per heavy atom. The van der Waals surface area contributed by atoms with E-state index < -0.39 is 0 Å². The molecule has 0 aliphatic carbocycles. The van der Waals surface area contributed by atoms with E-state index >= 15 is 0 Å². The van der Waals surface area contributed by atoms with Crippen LogP contribution in [-0.4, -0.2) is 33.6 Å². The molecular weight excluding hydrogens is 312 g/mol. The van der Waals surface area contributed by atoms with Gasteiger partial charge in [-0.2, -0.15) is 0 Å². The van der Waals surface area contributed by atoms with Gasteiger partial charge < -0.3 is 14.8 Å². The Labute approximate surface area is 147 Å². The summed E-state index contributed by atoms with van der Waals surface area (Å²) in [7, 11) is 0. The minimum absolute atomic E-state index is 0.0376. The smallest absolute Gasteiger partial charge is 0.317 e. The molecule has 2 heterocycles. The molecule has 0 saturated carbocycles. The monoisotopic (exact) mass is 334 g/mol. The highest BCUT2D eigenvalue weighted by Crippen LogP contribution is 2.32. The molecule has 3 aromatic rings. The van der Waals surface area contributed by atoms with E-state index in [2.05, 4.69) is 33.1 Å². The first kappa shape index (κ1) is 15.7. The average Bonchev–Trinajstić information content (AvgIpc) is 3.02. The summed E-state index contributed by atoms with van der Waals surface area (Å²) in [6.07, 6.45) is 3.79. The molecule has 1 aliphatic heterocycles. The first-order valence-electron chi connectivity index (χ1n) is 8.82. The third-order valence-corrected chi connectivity index (χ3v) is 4.84. The number of carbonyl (C=O) groups is 1. The molecule has 5 heteroatoms. The van der Waals surface area contributed by atoms with Crippen LogP contribution in [0.2, 0.25) is 0 Å². The summed E-state index contributed by atoms with van der Waals surface area (Å²) in [5.41, 5.74) is 3.37. The molecule has 1 atom stereocenters. The SMILES string of the molecule is O=C(NCCCn1cnc2ccccc21)N1CC[C@H]1c1ccccc1. The summed E-state index contributed by atoms with van der Waals surface area (Å²) in [4.78, 5) is 18.7. The van der Waals surface area contributed by atoms with Gasteiger partial charge in [0, 0.05) is 19.6 Å². The van der Waals surface area contributed by atoms with Gasteiger partial charge in [0.05, 0.1) is 23.4 Å². The van der Waals surface area contributed by atoms with E-state index in [9.17, 15) is 4.79 Å². The molecule has 1 aromatic heterocycles. The molecule has 2 aromatic carbocycles. The van der Waals surface area contributed by atoms with Crippen molar-refractivity contribution in [3.8, 4) is 0 Å². The molecular formula is C20H22N4O. The number of rotatable bonds is 5. The van der Waals surface area contributed by atoms with Crippen LogP contribution in [0.25, 0.3) is 11.0 Å². The number of hydrogen-bond acceptors (Lipinski definition) is 2. The van der Waals surface area contributed by atoms with Gasteiger partial charge in [-0.15, -0.1) is 0 Å². The maximum absolute atomic E-state index is 12.4. The number of para-hydroxylation sites is 2. The highest BCUT2D eigenvalue weighted by atomic mass is 16.2. The highest BCUT2D eigenvalue weighted by Gasteiger charge is 2.32. The maximum Gasteiger partial charge on any atom is 0.317 e. The number of imidazole rings is 1. The summed E-state index contributed by atoms with van der Waals surface area (Å²) in [6.45, 7) is 2.35. The summed E-state index contributed by atoms with van der Waals surface area (Å²) < 4.78 is 2.14. The Balaban J connectivity index is 1.27. The van der Waals surface area contributed by atoms with E-state index in [4.69, 9.17) is 0 Å². The molecule has 4 rings (SSSR count). The van der Waals surface area contributed by atoms with Crippen LogP contribution in [0.3, 0.4) is 0 Å². The van der Waals surface area contributed by atoms with Crippen LogP contribution in [0, 0.1) is 0 Å². The van der Waals surface area contributed by atoms with Crippen LogP contribution in [-0.2, 0) is 6.54 Å². The van der Waals surface area contributed by atoms with Crippen LogP contribution in [0.4, 0.5) is 4.79 Å². The van der Waals surface area contributed by atoms with Crippen LogP contribution in [0.5, 0.6) is 0 Å². The van der Waals surface area contributed by atoms with Crippen LogP contribution in [0.15, 0.2) is 60.9 Å². The lowest BCUT2D eigenvalue weighted by Crippen LogP contribution is -2.50. The van der Waals surface area contributed by atoms with E-state index in [1.807, 2.05) is 47.6 Å². The van der Waals surface area contributed by atoms with Crippen molar-refractivity contribution in [3.63, 3.8) is 0 Å². The molecule has 1 saturated heterocycles. The fraction of sp³-hybridized carbons (Fsp3) is 0.300. The molecule has 2 amide bonds. The number of fused-ring (bicyclic) bond motifs is 1. The van der Waals surface area contributed by atoms with Crippen LogP contribution in [0.1, 0.15) is 24.4 Å². The van der Waals surface area contributed by atoms with E-state index in [0.29, 0.717) is 6.54 Å². The number of likely N-dealkylation sites (tertiary alicyclic amines) is 1. The third kappa shape index (κ3) is 3.22. The van der Waals surface area contributed by atoms with Crippen molar-refractivity contribution in [1.82, 2.24) is 19.8 Å². The van der Waals surface area contributed by atoms with Gasteiger partial charge in [-0.25, -0.2) is 9.78 Å². The van der Waals surface area contributed by atoms with Crippen molar-refractivity contribution in [2.45, 2.75) is 25.4 Å². The lowest BCUT2D eigenvalue weighted by Gasteiger charge is -2.41. The third-order valence-electron chi connectivity index (χ3n) is 4.84. The van der Waals surface area contributed by atoms with Crippen LogP contribution < -0.4 is 5.32 Å². The van der Waals surface area contributed by atoms with E-state index in [0.717, 1.165) is 37.0 Å². The van der Waals surface area contributed by atoms with Gasteiger partial charge in [0.2, 0.25) is 0 Å². The predicted molar refractivity (Wildman–Crippen MR) is 98.3 cm³/mol. The van der Waals surface area contributed by atoms with E-state index in [1.54, 1.807) is 0 Å². The van der Waals surface area contributed by atoms with Gasteiger partial charge in [0.15, 0.2) is 0 Å². The Morgan fingerprint density at radius 1 is 1.12 bits per heavy atom. The number of urea groups is 1. The molecule has 0 unspecified atom stereocenters. The summed E-state index contributed by atoms with van der Waals surface area (Å²) in [5.74, 6) is 0. The second-order valence-electron chi connectivity index (χ2n) is 6.42. The van der Waals surface area contributed by atoms with Gasteiger partial charge in [0.1, 0.15) is 0 Å². The second-order valence-corrected chi connectivity index (χ2v) is 6.42. The minimum Gasteiger partial charge on any atom is -0.338 e. The Kier molecular flexibility index (Phi) is 4.37. The number of hydrogen-bond donors (Lipinski definition) is 1. The van der Waals surface area contributed by atoms with Crippen molar-refractivity contribution >= 4 is 17.1 Å². The first-order chi connectivity index (χ1) is 12.3. The zero-order valence-electron chi connectivity index (χ0n) is 14.1. The molecule has 25 heavy (non-hydrogen) atoms. The number of aryl methyl sites for hydroxylation is 1. The average molecular weight is 334 g/mol. The zero-order valence-corrected chi connectivity index (χ0v) is 14.1. The van der Waals surface area contributed by atoms with Crippen molar-refractivity contribution < 1.29 is 4.79 Å². The lowest BCUT2D eigenvalue weighted by atomic mass is 9.95. The molecule has 1 N–H and O–H groups in total. The van der Waals surface area contributed by atoms with Crippen molar-refractivity contribution in [1.29, 1.82) is 0 Å². The van der Waals surface area contributed by atoms with Gasteiger partial charge in [-0.3, -0.25) is 0 Å². The number of nitrogens with zero attached hydrogens (tertiary/aromatic N) is 3. The molecule has 1 aliphatic rings. The fourth-order valence-electron chi connectivity index (χ4n) is 3.39. The van der Waals surface area contributed by atoms with Gasteiger partial charge in [-0.05, 0) is 30.5 Å². The molecule has 5 nitrogen and oxygen atoms in total. The number of nitrogens with one attached hydrogen (secondary N) is 1. The summed E-state index contributed by atoms with van der Waals surface area (Å²) in [6, 6.07) is 18.6. The fourth-order valence-corrected chi connectivity index (χ4v) is 3.39. The second kappa shape index (κ2) is 6.97. The minimum atomic E-state index is 0.0376. The van der Waals surface area contributed by atoms with Crippen molar-refractivity contribution in [3.05, 3.63) is 66.5 Å². The highest BCUT2D eigenvalue weighted by molar-refractivity contribution is 5.76. The normalized spacial score (nSPS) is 16.6. The quantitative estimate of drug-likeness (QED) is 0.725. The largest absolute Gasteiger partial charge is 0.338 e. The molecule has 128 valence electrons. The number of amides is 2. The molecule has 0 radical (unpaired) electrons. The van der Waals surface area contributed by atoms with Gasteiger partial charge in [0.25, 0.3) is 0 Å². The Hall–Kier alpha value is -2.82. The maximum atomic E-state index is 12.4. The van der Waals surface area contributed by atoms with E-state index in [1.165, 1.54) is 5.56 Å². The number of aromatic nitrogens is 2. The first-order valence-corrected chi connectivity index (χ1v) is 8.82. The zero-order chi connectivity index (χ0) is 17.1. The molecule has 0 spiro atoms. The van der Waals surface area contributed by atoms with Gasteiger partial charge >= 0.3 is 6.03 Å². The topological polar surface area (TPSA) is 50.2 Å². The standard InChI is InChI=1S/C20H22N4O/c25-20(24-14-11-18(24)16-7-2-1-3-8-16)21-12-6-13-23-15-22-17-9-4-5-10-19(17)23/h1-5,7-10,15,18H,6,11-14H2,(H,21,25)/t18-/m0/s1. The molecule has 1 fully saturated rings.